The van der Waals surface area contributed by atoms with Gasteiger partial charge in [-0.15, -0.1) is 0 Å². The number of benzene rings is 1. The predicted molar refractivity (Wildman–Crippen MR) is 90.3 cm³/mol. The van der Waals surface area contributed by atoms with E-state index in [0.29, 0.717) is 26.1 Å². The number of carbonyl (C=O) groups excluding carboxylic acids is 2. The molecule has 2 heterocycles. The molecule has 5 nitrogen and oxygen atoms in total. The number of hydrogen-bond acceptors (Lipinski definition) is 2. The molecule has 0 radical (unpaired) electrons. The zero-order valence-electron chi connectivity index (χ0n) is 13.8. The number of hydrogen-bond donors (Lipinski definition) is 0. The second-order valence-corrected chi connectivity index (χ2v) is 6.05. The minimum absolute atomic E-state index is 0.0626. The molecule has 1 saturated heterocycles. The molecule has 1 fully saturated rings. The Bertz CT molecular complexity index is 735. The van der Waals surface area contributed by atoms with E-state index in [-0.39, 0.29) is 11.8 Å². The number of amides is 2. The first-order valence-corrected chi connectivity index (χ1v) is 8.23. The van der Waals surface area contributed by atoms with Crippen LogP contribution in [0.4, 0.5) is 0 Å². The van der Waals surface area contributed by atoms with E-state index >= 15 is 0 Å². The summed E-state index contributed by atoms with van der Waals surface area (Å²) in [5, 5.41) is 0.991. The summed E-state index contributed by atoms with van der Waals surface area (Å²) in [6.07, 6.45) is 3.27. The Hall–Kier alpha value is -2.30. The van der Waals surface area contributed by atoms with Gasteiger partial charge in [-0.2, -0.15) is 0 Å². The molecule has 3 rings (SSSR count). The maximum Gasteiger partial charge on any atom is 0.256 e. The first-order chi connectivity index (χ1) is 11.1. The molecular formula is C18H23N3O2. The molecule has 0 bridgehead atoms. The van der Waals surface area contributed by atoms with Crippen LogP contribution in [-0.4, -0.2) is 52.4 Å². The van der Waals surface area contributed by atoms with Crippen molar-refractivity contribution in [3.63, 3.8) is 0 Å². The highest BCUT2D eigenvalue weighted by atomic mass is 16.2. The topological polar surface area (TPSA) is 45.6 Å². The fourth-order valence-electron chi connectivity index (χ4n) is 3.28. The largest absolute Gasteiger partial charge is 0.350 e. The second-order valence-electron chi connectivity index (χ2n) is 6.05. The van der Waals surface area contributed by atoms with Crippen molar-refractivity contribution in [2.24, 2.45) is 7.05 Å². The van der Waals surface area contributed by atoms with Gasteiger partial charge in [0.2, 0.25) is 5.91 Å². The van der Waals surface area contributed by atoms with E-state index in [9.17, 15) is 9.59 Å². The lowest BCUT2D eigenvalue weighted by molar-refractivity contribution is -0.130. The van der Waals surface area contributed by atoms with Crippen LogP contribution in [0.1, 0.15) is 30.1 Å². The van der Waals surface area contributed by atoms with Crippen LogP contribution < -0.4 is 0 Å². The normalized spacial score (nSPS) is 15.7. The number of rotatable bonds is 2. The number of para-hydroxylation sites is 1. The molecular weight excluding hydrogens is 290 g/mol. The molecule has 0 N–H and O–H groups in total. The standard InChI is InChI=1S/C18H23N3O2/c1-3-17(22)20-9-6-10-21(12-11-20)18(23)15-13-19(2)16-8-5-4-7-14(15)16/h4-5,7-8,13H,3,6,9-12H2,1-2H3. The van der Waals surface area contributed by atoms with Gasteiger partial charge >= 0.3 is 0 Å². The Labute approximate surface area is 136 Å². The molecule has 0 saturated carbocycles. The summed E-state index contributed by atoms with van der Waals surface area (Å²) in [4.78, 5) is 28.5. The van der Waals surface area contributed by atoms with E-state index in [1.54, 1.807) is 0 Å². The SMILES string of the molecule is CCC(=O)N1CCCN(C(=O)c2cn(C)c3ccccc23)CC1. The second kappa shape index (κ2) is 6.44. The van der Waals surface area contributed by atoms with Crippen LogP contribution in [0.25, 0.3) is 10.9 Å². The molecule has 1 aromatic heterocycles. The highest BCUT2D eigenvalue weighted by molar-refractivity contribution is 6.07. The number of fused-ring (bicyclic) bond motifs is 1. The molecule has 1 aromatic carbocycles. The molecule has 2 aromatic rings. The van der Waals surface area contributed by atoms with Crippen LogP contribution in [0.15, 0.2) is 30.5 Å². The van der Waals surface area contributed by atoms with Gasteiger partial charge in [0.15, 0.2) is 0 Å². The van der Waals surface area contributed by atoms with E-state index in [1.807, 2.05) is 58.8 Å². The summed E-state index contributed by atoms with van der Waals surface area (Å²) in [5.74, 6) is 0.233. The van der Waals surface area contributed by atoms with Crippen molar-refractivity contribution in [2.75, 3.05) is 26.2 Å². The van der Waals surface area contributed by atoms with E-state index in [4.69, 9.17) is 0 Å². The fourth-order valence-corrected chi connectivity index (χ4v) is 3.28. The summed E-state index contributed by atoms with van der Waals surface area (Å²) >= 11 is 0. The van der Waals surface area contributed by atoms with E-state index in [2.05, 4.69) is 0 Å². The Morgan fingerprint density at radius 3 is 2.52 bits per heavy atom. The molecule has 1 aliphatic heterocycles. The molecule has 122 valence electrons. The Balaban J connectivity index is 1.81. The zero-order chi connectivity index (χ0) is 16.4. The first-order valence-electron chi connectivity index (χ1n) is 8.23. The smallest absolute Gasteiger partial charge is 0.256 e. The number of carbonyl (C=O) groups is 2. The lowest BCUT2D eigenvalue weighted by Crippen LogP contribution is -2.37. The average Bonchev–Trinajstić information content (AvgIpc) is 2.76. The van der Waals surface area contributed by atoms with Crippen molar-refractivity contribution >= 4 is 22.7 Å². The minimum Gasteiger partial charge on any atom is -0.350 e. The van der Waals surface area contributed by atoms with Crippen molar-refractivity contribution in [1.82, 2.24) is 14.4 Å². The fraction of sp³-hybridized carbons (Fsp3) is 0.444. The van der Waals surface area contributed by atoms with Gasteiger partial charge in [-0.1, -0.05) is 25.1 Å². The summed E-state index contributed by atoms with van der Waals surface area (Å²) < 4.78 is 1.99. The molecule has 0 spiro atoms. The van der Waals surface area contributed by atoms with Crippen LogP contribution >= 0.6 is 0 Å². The Morgan fingerprint density at radius 1 is 1.04 bits per heavy atom. The molecule has 23 heavy (non-hydrogen) atoms. The number of aryl methyl sites for hydroxylation is 1. The summed E-state index contributed by atoms with van der Waals surface area (Å²) in [6, 6.07) is 7.96. The maximum atomic E-state index is 12.9. The molecule has 0 atom stereocenters. The molecule has 1 aliphatic rings. The van der Waals surface area contributed by atoms with Gasteiger partial charge in [0.1, 0.15) is 0 Å². The lowest BCUT2D eigenvalue weighted by Gasteiger charge is -2.21. The van der Waals surface area contributed by atoms with Crippen molar-refractivity contribution in [1.29, 1.82) is 0 Å². The summed E-state index contributed by atoms with van der Waals surface area (Å²) in [7, 11) is 1.96. The molecule has 5 heteroatoms. The van der Waals surface area contributed by atoms with Crippen LogP contribution in [0.2, 0.25) is 0 Å². The Kier molecular flexibility index (Phi) is 4.37. The van der Waals surface area contributed by atoms with Crippen LogP contribution in [0, 0.1) is 0 Å². The van der Waals surface area contributed by atoms with E-state index < -0.39 is 0 Å². The zero-order valence-corrected chi connectivity index (χ0v) is 13.8. The third-order valence-electron chi connectivity index (χ3n) is 4.57. The van der Waals surface area contributed by atoms with E-state index in [0.717, 1.165) is 29.4 Å². The van der Waals surface area contributed by atoms with Crippen LogP contribution in [-0.2, 0) is 11.8 Å². The van der Waals surface area contributed by atoms with Crippen molar-refractivity contribution in [3.8, 4) is 0 Å². The third kappa shape index (κ3) is 2.96. The quantitative estimate of drug-likeness (QED) is 0.854. The number of nitrogens with zero attached hydrogens (tertiary/aromatic N) is 3. The van der Waals surface area contributed by atoms with Crippen LogP contribution in [0.3, 0.4) is 0 Å². The lowest BCUT2D eigenvalue weighted by atomic mass is 10.1. The number of aromatic nitrogens is 1. The average molecular weight is 313 g/mol. The van der Waals surface area contributed by atoms with Gasteiger partial charge in [-0.05, 0) is 12.5 Å². The monoisotopic (exact) mass is 313 g/mol. The molecule has 0 aliphatic carbocycles. The van der Waals surface area contributed by atoms with Gasteiger partial charge in [-0.25, -0.2) is 0 Å². The highest BCUT2D eigenvalue weighted by Crippen LogP contribution is 2.22. The van der Waals surface area contributed by atoms with Crippen molar-refractivity contribution in [2.45, 2.75) is 19.8 Å². The van der Waals surface area contributed by atoms with Gasteiger partial charge in [-0.3, -0.25) is 9.59 Å². The highest BCUT2D eigenvalue weighted by Gasteiger charge is 2.24. The summed E-state index contributed by atoms with van der Waals surface area (Å²) in [6.45, 7) is 4.56. The van der Waals surface area contributed by atoms with Crippen LogP contribution in [0.5, 0.6) is 0 Å². The molecule has 2 amide bonds. The van der Waals surface area contributed by atoms with Gasteiger partial charge in [0, 0.05) is 56.7 Å². The first kappa shape index (κ1) is 15.6. The minimum atomic E-state index is 0.0626. The predicted octanol–water partition coefficient (Wildman–Crippen LogP) is 2.26. The van der Waals surface area contributed by atoms with Gasteiger partial charge in [0.25, 0.3) is 5.91 Å². The maximum absolute atomic E-state index is 12.9. The summed E-state index contributed by atoms with van der Waals surface area (Å²) in [5.41, 5.74) is 1.81. The Morgan fingerprint density at radius 2 is 1.74 bits per heavy atom. The van der Waals surface area contributed by atoms with E-state index in [1.165, 1.54) is 0 Å². The van der Waals surface area contributed by atoms with Gasteiger partial charge in [0.05, 0.1) is 5.56 Å². The van der Waals surface area contributed by atoms with Gasteiger partial charge < -0.3 is 14.4 Å². The third-order valence-corrected chi connectivity index (χ3v) is 4.57. The molecule has 0 unspecified atom stereocenters. The van der Waals surface area contributed by atoms with Crippen molar-refractivity contribution < 1.29 is 9.59 Å². The van der Waals surface area contributed by atoms with Crippen molar-refractivity contribution in [3.05, 3.63) is 36.0 Å².